The Hall–Kier alpha value is -3.51. The number of nitrogens with zero attached hydrogens (tertiary/aromatic N) is 1. The highest BCUT2D eigenvalue weighted by Crippen LogP contribution is 2.51. The predicted molar refractivity (Wildman–Crippen MR) is 117 cm³/mol. The number of ketones is 1. The first-order valence-corrected chi connectivity index (χ1v) is 10.1. The highest BCUT2D eigenvalue weighted by molar-refractivity contribution is 6.14. The highest BCUT2D eigenvalue weighted by Gasteiger charge is 2.56. The van der Waals surface area contributed by atoms with Crippen molar-refractivity contribution < 1.29 is 19.1 Å². The quantitative estimate of drug-likeness (QED) is 0.519. The van der Waals surface area contributed by atoms with Crippen LogP contribution in [0, 0.1) is 0 Å². The second-order valence-electron chi connectivity index (χ2n) is 8.77. The number of para-hydroxylation sites is 2. The number of hydrogen-bond donors (Lipinski definition) is 1. The van der Waals surface area contributed by atoms with Gasteiger partial charge in [0.2, 0.25) is 0 Å². The summed E-state index contributed by atoms with van der Waals surface area (Å²) >= 11 is 0. The summed E-state index contributed by atoms with van der Waals surface area (Å²) in [5, 5.41) is 12.1. The number of allylic oxidation sites excluding steroid dienone is 1. The van der Waals surface area contributed by atoms with Gasteiger partial charge in [-0.25, -0.2) is 4.79 Å². The van der Waals surface area contributed by atoms with Gasteiger partial charge in [-0.2, -0.15) is 0 Å². The van der Waals surface area contributed by atoms with Crippen LogP contribution in [0.15, 0.2) is 63.8 Å². The number of fused-ring (bicyclic) bond motifs is 1. The van der Waals surface area contributed by atoms with Gasteiger partial charge >= 0.3 is 5.63 Å². The van der Waals surface area contributed by atoms with Gasteiger partial charge in [0.15, 0.2) is 11.4 Å². The number of rotatable bonds is 3. The zero-order valence-electron chi connectivity index (χ0n) is 17.4. The minimum Gasteiger partial charge on any atom is -0.422 e. The molecule has 1 amide bonds. The molecule has 0 bridgehead atoms. The lowest BCUT2D eigenvalue weighted by Crippen LogP contribution is -2.51. The number of hydrogen-bond acceptors (Lipinski definition) is 5. The van der Waals surface area contributed by atoms with E-state index < -0.39 is 34.9 Å². The van der Waals surface area contributed by atoms with Crippen LogP contribution in [0.3, 0.4) is 0 Å². The molecule has 2 aliphatic rings. The van der Waals surface area contributed by atoms with Crippen LogP contribution in [0.4, 0.5) is 5.69 Å². The number of amides is 1. The SMILES string of the molecule is CC1=CC(C)(C)N2C(=O)C(O)(CC(=O)c3cc4ccccc4oc3=O)c3cccc1c32. The van der Waals surface area contributed by atoms with E-state index in [9.17, 15) is 19.5 Å². The first-order chi connectivity index (χ1) is 14.6. The van der Waals surface area contributed by atoms with Crippen molar-refractivity contribution in [3.05, 3.63) is 81.7 Å². The van der Waals surface area contributed by atoms with Crippen LogP contribution in [0.5, 0.6) is 0 Å². The van der Waals surface area contributed by atoms with Gasteiger partial charge in [0.25, 0.3) is 5.91 Å². The van der Waals surface area contributed by atoms with Gasteiger partial charge in [0.05, 0.1) is 17.6 Å². The molecule has 156 valence electrons. The summed E-state index contributed by atoms with van der Waals surface area (Å²) in [6.07, 6.45) is 1.43. The third-order valence-electron chi connectivity index (χ3n) is 6.19. The molecule has 0 radical (unpaired) electrons. The lowest BCUT2D eigenvalue weighted by atomic mass is 9.86. The van der Waals surface area contributed by atoms with Gasteiger partial charge in [-0.15, -0.1) is 0 Å². The van der Waals surface area contributed by atoms with Crippen molar-refractivity contribution in [1.29, 1.82) is 0 Å². The molecule has 0 fully saturated rings. The summed E-state index contributed by atoms with van der Waals surface area (Å²) in [5.41, 5.74) is -0.473. The third-order valence-corrected chi connectivity index (χ3v) is 6.19. The molecule has 1 atom stereocenters. The molecular formula is C25H21NO5. The molecule has 0 saturated heterocycles. The van der Waals surface area contributed by atoms with Crippen LogP contribution < -0.4 is 10.5 Å². The molecule has 1 N–H and O–H groups in total. The Kier molecular flexibility index (Phi) is 3.92. The second kappa shape index (κ2) is 6.25. The van der Waals surface area contributed by atoms with E-state index in [2.05, 4.69) is 0 Å². The van der Waals surface area contributed by atoms with Crippen LogP contribution in [-0.4, -0.2) is 22.3 Å². The summed E-state index contributed by atoms with van der Waals surface area (Å²) in [4.78, 5) is 40.6. The molecule has 0 spiro atoms. The summed E-state index contributed by atoms with van der Waals surface area (Å²) in [6, 6.07) is 13.7. The van der Waals surface area contributed by atoms with Crippen molar-refractivity contribution >= 4 is 33.9 Å². The van der Waals surface area contributed by atoms with Crippen LogP contribution >= 0.6 is 0 Å². The van der Waals surface area contributed by atoms with Crippen molar-refractivity contribution in [2.75, 3.05) is 4.90 Å². The van der Waals surface area contributed by atoms with Crippen LogP contribution in [0.1, 0.15) is 48.7 Å². The summed E-state index contributed by atoms with van der Waals surface area (Å²) < 4.78 is 5.26. The standard InChI is InChI=1S/C25H21NO5/c1-14-12-24(2,3)26-21-16(14)8-6-9-18(21)25(30,23(26)29)13-19(27)17-11-15-7-4-5-10-20(15)31-22(17)28/h4-12,30H,13H2,1-3H3. The summed E-state index contributed by atoms with van der Waals surface area (Å²) in [7, 11) is 0. The minimum atomic E-state index is -2.06. The Morgan fingerprint density at radius 2 is 1.84 bits per heavy atom. The van der Waals surface area contributed by atoms with Crippen LogP contribution in [0.25, 0.3) is 16.5 Å². The largest absolute Gasteiger partial charge is 0.422 e. The Labute approximate surface area is 178 Å². The molecule has 0 aliphatic carbocycles. The lowest BCUT2D eigenvalue weighted by Gasteiger charge is -2.39. The van der Waals surface area contributed by atoms with Crippen molar-refractivity contribution in [3.63, 3.8) is 0 Å². The fourth-order valence-corrected chi connectivity index (χ4v) is 4.81. The fourth-order valence-electron chi connectivity index (χ4n) is 4.81. The summed E-state index contributed by atoms with van der Waals surface area (Å²) in [6.45, 7) is 5.74. The van der Waals surface area contributed by atoms with E-state index in [4.69, 9.17) is 4.42 Å². The van der Waals surface area contributed by atoms with Crippen molar-refractivity contribution in [1.82, 2.24) is 0 Å². The topological polar surface area (TPSA) is 87.8 Å². The maximum absolute atomic E-state index is 13.5. The Bertz CT molecular complexity index is 1380. The molecule has 2 aromatic carbocycles. The third kappa shape index (κ3) is 2.65. The van der Waals surface area contributed by atoms with Crippen LogP contribution in [-0.2, 0) is 10.4 Å². The van der Waals surface area contributed by atoms with Crippen LogP contribution in [0.2, 0.25) is 0 Å². The average Bonchev–Trinajstić information content (AvgIpc) is 2.94. The predicted octanol–water partition coefficient (Wildman–Crippen LogP) is 3.80. The maximum atomic E-state index is 13.5. The van der Waals surface area contributed by atoms with Gasteiger partial charge in [-0.1, -0.05) is 42.5 Å². The molecule has 3 aromatic rings. The second-order valence-corrected chi connectivity index (χ2v) is 8.77. The van der Waals surface area contributed by atoms with E-state index in [-0.39, 0.29) is 5.56 Å². The van der Waals surface area contributed by atoms with Crippen molar-refractivity contribution in [2.45, 2.75) is 38.3 Å². The molecule has 3 heterocycles. The van der Waals surface area contributed by atoms with E-state index in [0.29, 0.717) is 22.2 Å². The smallest absolute Gasteiger partial charge is 0.347 e. The Balaban J connectivity index is 1.62. The zero-order valence-corrected chi connectivity index (χ0v) is 17.4. The lowest BCUT2D eigenvalue weighted by molar-refractivity contribution is -0.136. The van der Waals surface area contributed by atoms with E-state index in [1.54, 1.807) is 41.3 Å². The fraction of sp³-hybridized carbons (Fsp3) is 0.240. The van der Waals surface area contributed by atoms with E-state index in [1.165, 1.54) is 6.07 Å². The van der Waals surface area contributed by atoms with Gasteiger partial charge in [0.1, 0.15) is 11.1 Å². The number of aliphatic hydroxyl groups is 1. The molecule has 2 aliphatic heterocycles. The van der Waals surface area contributed by atoms with Gasteiger partial charge in [-0.05, 0) is 38.5 Å². The number of benzene rings is 2. The van der Waals surface area contributed by atoms with E-state index in [1.807, 2.05) is 32.9 Å². The number of carbonyl (C=O) groups is 2. The van der Waals surface area contributed by atoms with Crippen molar-refractivity contribution in [3.8, 4) is 0 Å². The molecule has 1 unspecified atom stereocenters. The molecule has 31 heavy (non-hydrogen) atoms. The molecule has 0 saturated carbocycles. The average molecular weight is 415 g/mol. The Morgan fingerprint density at radius 1 is 1.10 bits per heavy atom. The van der Waals surface area contributed by atoms with Gasteiger partial charge in [0, 0.05) is 16.5 Å². The maximum Gasteiger partial charge on any atom is 0.347 e. The molecule has 6 heteroatoms. The van der Waals surface area contributed by atoms with E-state index in [0.717, 1.165) is 11.1 Å². The first-order valence-electron chi connectivity index (χ1n) is 10.1. The molecule has 1 aromatic heterocycles. The van der Waals surface area contributed by atoms with Gasteiger partial charge in [-0.3, -0.25) is 14.5 Å². The number of Topliss-reactive ketones (excluding diaryl/α,β-unsaturated/α-hetero) is 1. The number of anilines is 1. The number of carbonyl (C=O) groups excluding carboxylic acids is 2. The summed E-state index contributed by atoms with van der Waals surface area (Å²) in [5.74, 6) is -1.21. The first kappa shape index (κ1) is 19.5. The highest BCUT2D eigenvalue weighted by atomic mass is 16.4. The van der Waals surface area contributed by atoms with E-state index >= 15 is 0 Å². The molecule has 6 nitrogen and oxygen atoms in total. The van der Waals surface area contributed by atoms with Crippen molar-refractivity contribution in [2.24, 2.45) is 0 Å². The zero-order chi connectivity index (χ0) is 22.1. The normalized spacial score (nSPS) is 21.2. The van der Waals surface area contributed by atoms with Gasteiger partial charge < -0.3 is 9.52 Å². The molecule has 5 rings (SSSR count). The minimum absolute atomic E-state index is 0.181. The molecular weight excluding hydrogens is 394 g/mol. The monoisotopic (exact) mass is 415 g/mol. The Morgan fingerprint density at radius 3 is 2.61 bits per heavy atom.